The van der Waals surface area contributed by atoms with Gasteiger partial charge < -0.3 is 14.6 Å². The van der Waals surface area contributed by atoms with Gasteiger partial charge in [0.2, 0.25) is 5.88 Å². The van der Waals surface area contributed by atoms with E-state index in [0.29, 0.717) is 24.8 Å². The number of rotatable bonds is 5. The van der Waals surface area contributed by atoms with Crippen molar-refractivity contribution in [3.63, 3.8) is 0 Å². The number of pyridine rings is 1. The Hall–Kier alpha value is -1.82. The molecule has 0 bridgehead atoms. The number of carboxylic acid groups (broad SMARTS) is 1. The van der Waals surface area contributed by atoms with E-state index in [-0.39, 0.29) is 0 Å². The zero-order chi connectivity index (χ0) is 11.1. The van der Waals surface area contributed by atoms with Gasteiger partial charge in [0, 0.05) is 13.2 Å². The molecule has 0 saturated carbocycles. The van der Waals surface area contributed by atoms with Gasteiger partial charge in [0.15, 0.2) is 0 Å². The van der Waals surface area contributed by atoms with E-state index in [9.17, 15) is 4.79 Å². The van der Waals surface area contributed by atoms with Crippen LogP contribution in [-0.4, -0.2) is 36.5 Å². The van der Waals surface area contributed by atoms with Gasteiger partial charge in [-0.3, -0.25) is 5.32 Å². The van der Waals surface area contributed by atoms with E-state index in [2.05, 4.69) is 10.3 Å². The lowest BCUT2D eigenvalue weighted by atomic mass is 10.4. The summed E-state index contributed by atoms with van der Waals surface area (Å²) in [5, 5.41) is 10.6. The molecule has 6 heteroatoms. The molecule has 6 nitrogen and oxygen atoms in total. The molecular formula is C9H12N2O4. The summed E-state index contributed by atoms with van der Waals surface area (Å²) in [7, 11) is 1.58. The molecule has 1 aromatic rings. The van der Waals surface area contributed by atoms with Crippen molar-refractivity contribution in [1.82, 2.24) is 4.98 Å². The average molecular weight is 212 g/mol. The van der Waals surface area contributed by atoms with Gasteiger partial charge in [-0.2, -0.15) is 0 Å². The molecule has 1 aromatic heterocycles. The Morgan fingerprint density at radius 1 is 1.53 bits per heavy atom. The van der Waals surface area contributed by atoms with E-state index in [4.69, 9.17) is 14.6 Å². The largest absolute Gasteiger partial charge is 0.475 e. The zero-order valence-electron chi connectivity index (χ0n) is 8.27. The molecule has 0 aliphatic heterocycles. The molecule has 2 N–H and O–H groups in total. The predicted octanol–water partition coefficient (Wildman–Crippen LogP) is 1.20. The monoisotopic (exact) mass is 212 g/mol. The Bertz CT molecular complexity index is 312. The van der Waals surface area contributed by atoms with Crippen molar-refractivity contribution in [2.24, 2.45) is 0 Å². The van der Waals surface area contributed by atoms with Crippen LogP contribution in [0, 0.1) is 0 Å². The van der Waals surface area contributed by atoms with Gasteiger partial charge in [0.05, 0.1) is 18.5 Å². The van der Waals surface area contributed by atoms with Gasteiger partial charge in [0.1, 0.15) is 6.61 Å². The lowest BCUT2D eigenvalue weighted by Crippen LogP contribution is -2.08. The van der Waals surface area contributed by atoms with Gasteiger partial charge in [-0.25, -0.2) is 9.78 Å². The highest BCUT2D eigenvalue weighted by Crippen LogP contribution is 2.11. The maximum atomic E-state index is 10.3. The van der Waals surface area contributed by atoms with Gasteiger partial charge in [0.25, 0.3) is 0 Å². The Morgan fingerprint density at radius 3 is 2.87 bits per heavy atom. The highest BCUT2D eigenvalue weighted by Gasteiger charge is 1.99. The van der Waals surface area contributed by atoms with Crippen molar-refractivity contribution in [3.8, 4) is 5.88 Å². The third-order valence-corrected chi connectivity index (χ3v) is 1.53. The first kappa shape index (κ1) is 11.3. The summed E-state index contributed by atoms with van der Waals surface area (Å²) in [6.45, 7) is 0.895. The summed E-state index contributed by atoms with van der Waals surface area (Å²) in [6.07, 6.45) is 0.265. The molecule has 82 valence electrons. The number of hydrogen-bond acceptors (Lipinski definition) is 4. The fourth-order valence-corrected chi connectivity index (χ4v) is 0.893. The molecule has 0 spiro atoms. The normalized spacial score (nSPS) is 9.67. The molecule has 15 heavy (non-hydrogen) atoms. The van der Waals surface area contributed by atoms with E-state index in [1.165, 1.54) is 6.20 Å². The number of ether oxygens (including phenoxy) is 2. The molecule has 0 unspecified atom stereocenters. The fraction of sp³-hybridized carbons (Fsp3) is 0.333. The number of hydrogen-bond donors (Lipinski definition) is 2. The second kappa shape index (κ2) is 5.82. The Morgan fingerprint density at radius 2 is 2.33 bits per heavy atom. The molecule has 1 heterocycles. The summed E-state index contributed by atoms with van der Waals surface area (Å²) in [4.78, 5) is 14.2. The third kappa shape index (κ3) is 4.28. The predicted molar refractivity (Wildman–Crippen MR) is 53.3 cm³/mol. The fourth-order valence-electron chi connectivity index (χ4n) is 0.893. The summed E-state index contributed by atoms with van der Waals surface area (Å²) in [6, 6.07) is 3.16. The van der Waals surface area contributed by atoms with Crippen molar-refractivity contribution in [2.45, 2.75) is 0 Å². The van der Waals surface area contributed by atoms with Crippen LogP contribution < -0.4 is 10.1 Å². The summed E-state index contributed by atoms with van der Waals surface area (Å²) in [5.41, 5.74) is 0.404. The molecule has 0 fully saturated rings. The number of amides is 1. The first-order valence-electron chi connectivity index (χ1n) is 4.30. The van der Waals surface area contributed by atoms with E-state index in [1.807, 2.05) is 0 Å². The highest BCUT2D eigenvalue weighted by atomic mass is 16.5. The van der Waals surface area contributed by atoms with Crippen LogP contribution in [0.3, 0.4) is 0 Å². The summed E-state index contributed by atoms with van der Waals surface area (Å²) >= 11 is 0. The minimum atomic E-state index is -1.12. The van der Waals surface area contributed by atoms with Crippen LogP contribution in [0.2, 0.25) is 0 Å². The Kier molecular flexibility index (Phi) is 4.36. The minimum Gasteiger partial charge on any atom is -0.475 e. The van der Waals surface area contributed by atoms with Crippen molar-refractivity contribution in [3.05, 3.63) is 18.3 Å². The van der Waals surface area contributed by atoms with Crippen molar-refractivity contribution >= 4 is 11.8 Å². The third-order valence-electron chi connectivity index (χ3n) is 1.53. The summed E-state index contributed by atoms with van der Waals surface area (Å²) in [5.74, 6) is 0.433. The van der Waals surface area contributed by atoms with Crippen LogP contribution >= 0.6 is 0 Å². The summed E-state index contributed by atoms with van der Waals surface area (Å²) < 4.78 is 9.99. The Labute approximate surface area is 86.8 Å². The Balaban J connectivity index is 2.45. The van der Waals surface area contributed by atoms with Gasteiger partial charge in [-0.1, -0.05) is 0 Å². The maximum Gasteiger partial charge on any atom is 0.409 e. The average Bonchev–Trinajstić information content (AvgIpc) is 2.20. The van der Waals surface area contributed by atoms with Gasteiger partial charge in [-0.05, 0) is 6.07 Å². The van der Waals surface area contributed by atoms with Crippen molar-refractivity contribution < 1.29 is 19.4 Å². The van der Waals surface area contributed by atoms with Crippen LogP contribution in [0.15, 0.2) is 18.3 Å². The molecule has 0 aliphatic carbocycles. The standard InChI is InChI=1S/C9H12N2O4/c1-14-4-5-15-8-3-2-7(6-10-8)11-9(12)13/h2-3,6,11H,4-5H2,1H3,(H,12,13). The van der Waals surface area contributed by atoms with Crippen LogP contribution in [0.25, 0.3) is 0 Å². The number of methoxy groups -OCH3 is 1. The van der Waals surface area contributed by atoms with Crippen LogP contribution in [-0.2, 0) is 4.74 Å². The molecule has 0 atom stereocenters. The van der Waals surface area contributed by atoms with Gasteiger partial charge >= 0.3 is 6.09 Å². The number of aromatic nitrogens is 1. The topological polar surface area (TPSA) is 80.7 Å². The quantitative estimate of drug-likeness (QED) is 0.716. The molecule has 0 saturated heterocycles. The SMILES string of the molecule is COCCOc1ccc(NC(=O)O)cn1. The minimum absolute atomic E-state index is 0.404. The van der Waals surface area contributed by atoms with E-state index in [1.54, 1.807) is 19.2 Å². The maximum absolute atomic E-state index is 10.3. The molecule has 1 amide bonds. The van der Waals surface area contributed by atoms with E-state index >= 15 is 0 Å². The van der Waals surface area contributed by atoms with Crippen LogP contribution in [0.4, 0.5) is 10.5 Å². The molecule has 0 radical (unpaired) electrons. The number of nitrogens with one attached hydrogen (secondary N) is 1. The van der Waals surface area contributed by atoms with Crippen LogP contribution in [0.5, 0.6) is 5.88 Å². The van der Waals surface area contributed by atoms with E-state index < -0.39 is 6.09 Å². The molecule has 0 aliphatic rings. The second-order valence-corrected chi connectivity index (χ2v) is 2.66. The van der Waals surface area contributed by atoms with E-state index in [0.717, 1.165) is 0 Å². The number of nitrogens with zero attached hydrogens (tertiary/aromatic N) is 1. The van der Waals surface area contributed by atoms with Crippen molar-refractivity contribution in [2.75, 3.05) is 25.6 Å². The lowest BCUT2D eigenvalue weighted by molar-refractivity contribution is 0.144. The number of carbonyl (C=O) groups is 1. The highest BCUT2D eigenvalue weighted by molar-refractivity contribution is 5.82. The first-order chi connectivity index (χ1) is 7.22. The van der Waals surface area contributed by atoms with Gasteiger partial charge in [-0.15, -0.1) is 0 Å². The smallest absolute Gasteiger partial charge is 0.409 e. The number of anilines is 1. The lowest BCUT2D eigenvalue weighted by Gasteiger charge is -2.05. The molecule has 0 aromatic carbocycles. The second-order valence-electron chi connectivity index (χ2n) is 2.66. The first-order valence-corrected chi connectivity index (χ1v) is 4.30. The molecule has 1 rings (SSSR count). The molecular weight excluding hydrogens is 200 g/mol. The zero-order valence-corrected chi connectivity index (χ0v) is 8.27. The van der Waals surface area contributed by atoms with Crippen LogP contribution in [0.1, 0.15) is 0 Å². The van der Waals surface area contributed by atoms with Crippen molar-refractivity contribution in [1.29, 1.82) is 0 Å².